The SMILES string of the molecule is C.Cc1cnc(C)[nH]1.[B]. The van der Waals surface area contributed by atoms with Crippen LogP contribution in [0.4, 0.5) is 0 Å². The normalized spacial score (nSPS) is 7.33. The summed E-state index contributed by atoms with van der Waals surface area (Å²) in [5, 5.41) is 0. The van der Waals surface area contributed by atoms with Gasteiger partial charge in [-0.1, -0.05) is 7.43 Å². The first kappa shape index (κ1) is 11.1. The number of hydrogen-bond donors (Lipinski definition) is 1. The minimum absolute atomic E-state index is 0. The number of nitrogens with zero attached hydrogens (tertiary/aromatic N) is 1. The summed E-state index contributed by atoms with van der Waals surface area (Å²) in [4.78, 5) is 6.99. The molecule has 0 aromatic carbocycles. The van der Waals surface area contributed by atoms with Crippen LogP contribution in [-0.2, 0) is 0 Å². The molecule has 0 unspecified atom stereocenters. The van der Waals surface area contributed by atoms with E-state index in [-0.39, 0.29) is 15.8 Å². The lowest BCUT2D eigenvalue weighted by atomic mass is 10.6. The highest BCUT2D eigenvalue weighted by molar-refractivity contribution is 5.75. The zero-order valence-corrected chi connectivity index (χ0v) is 5.10. The van der Waals surface area contributed by atoms with Crippen LogP contribution in [0.5, 0.6) is 0 Å². The van der Waals surface area contributed by atoms with Crippen molar-refractivity contribution in [1.82, 2.24) is 9.97 Å². The van der Waals surface area contributed by atoms with E-state index in [0.29, 0.717) is 0 Å². The summed E-state index contributed by atoms with van der Waals surface area (Å²) in [5.74, 6) is 0.984. The first-order valence-corrected chi connectivity index (χ1v) is 2.27. The zero-order chi connectivity index (χ0) is 5.28. The minimum atomic E-state index is 0. The van der Waals surface area contributed by atoms with Crippen LogP contribution < -0.4 is 0 Å². The van der Waals surface area contributed by atoms with Gasteiger partial charge in [-0.25, -0.2) is 4.98 Å². The van der Waals surface area contributed by atoms with Crippen LogP contribution in [0.15, 0.2) is 6.20 Å². The van der Waals surface area contributed by atoms with Gasteiger partial charge in [0.2, 0.25) is 0 Å². The maximum Gasteiger partial charge on any atom is 0.103 e. The third-order valence-corrected chi connectivity index (χ3v) is 0.830. The van der Waals surface area contributed by atoms with Gasteiger partial charge in [0.05, 0.1) is 0 Å². The Kier molecular flexibility index (Phi) is 5.17. The Hall–Kier alpha value is -0.725. The molecular weight excluding hydrogens is 111 g/mol. The Morgan fingerprint density at radius 1 is 1.44 bits per heavy atom. The van der Waals surface area contributed by atoms with E-state index in [1.807, 2.05) is 20.0 Å². The summed E-state index contributed by atoms with van der Waals surface area (Å²) >= 11 is 0. The van der Waals surface area contributed by atoms with Crippen molar-refractivity contribution in [3.8, 4) is 0 Å². The predicted octanol–water partition coefficient (Wildman–Crippen LogP) is 1.28. The van der Waals surface area contributed by atoms with Crippen molar-refractivity contribution in [2.75, 3.05) is 0 Å². The van der Waals surface area contributed by atoms with Crippen molar-refractivity contribution < 1.29 is 0 Å². The van der Waals surface area contributed by atoms with E-state index in [1.54, 1.807) is 0 Å². The average molecular weight is 123 g/mol. The van der Waals surface area contributed by atoms with Gasteiger partial charge in [-0.15, -0.1) is 0 Å². The Morgan fingerprint density at radius 2 is 2.00 bits per heavy atom. The minimum Gasteiger partial charge on any atom is -0.346 e. The Morgan fingerprint density at radius 3 is 2.11 bits per heavy atom. The third kappa shape index (κ3) is 2.96. The van der Waals surface area contributed by atoms with E-state index < -0.39 is 0 Å². The highest BCUT2D eigenvalue weighted by Crippen LogP contribution is 1.89. The number of rotatable bonds is 0. The number of aromatic nitrogens is 2. The molecule has 0 aliphatic rings. The van der Waals surface area contributed by atoms with E-state index >= 15 is 0 Å². The summed E-state index contributed by atoms with van der Waals surface area (Å²) in [6.07, 6.45) is 1.81. The number of H-pyrrole nitrogens is 1. The summed E-state index contributed by atoms with van der Waals surface area (Å²) < 4.78 is 0. The first-order valence-electron chi connectivity index (χ1n) is 2.27. The summed E-state index contributed by atoms with van der Waals surface area (Å²) in [7, 11) is 0. The molecule has 0 amide bonds. The van der Waals surface area contributed by atoms with Crippen molar-refractivity contribution in [2.45, 2.75) is 21.3 Å². The lowest BCUT2D eigenvalue weighted by Crippen LogP contribution is -1.70. The molecule has 0 atom stereocenters. The molecule has 49 valence electrons. The van der Waals surface area contributed by atoms with Crippen molar-refractivity contribution in [3.63, 3.8) is 0 Å². The van der Waals surface area contributed by atoms with Gasteiger partial charge in [0.15, 0.2) is 0 Å². The largest absolute Gasteiger partial charge is 0.346 e. The number of aromatic amines is 1. The van der Waals surface area contributed by atoms with Gasteiger partial charge in [0.25, 0.3) is 0 Å². The zero-order valence-electron chi connectivity index (χ0n) is 5.10. The van der Waals surface area contributed by atoms with Gasteiger partial charge in [-0.05, 0) is 13.8 Å². The standard InChI is InChI=1S/C5H8N2.CH4.B/c1-4-3-6-5(2)7-4;;/h3H,1-2H3,(H,6,7);1H4;. The number of imidazole rings is 1. The molecule has 0 bridgehead atoms. The van der Waals surface area contributed by atoms with E-state index in [4.69, 9.17) is 0 Å². The molecule has 0 fully saturated rings. The van der Waals surface area contributed by atoms with E-state index in [9.17, 15) is 0 Å². The van der Waals surface area contributed by atoms with Gasteiger partial charge in [-0.3, -0.25) is 0 Å². The van der Waals surface area contributed by atoms with E-state index in [0.717, 1.165) is 11.5 Å². The molecule has 0 aliphatic heterocycles. The molecule has 0 saturated carbocycles. The topological polar surface area (TPSA) is 28.7 Å². The number of hydrogen-bond acceptors (Lipinski definition) is 1. The van der Waals surface area contributed by atoms with E-state index in [2.05, 4.69) is 9.97 Å². The second kappa shape index (κ2) is 4.18. The van der Waals surface area contributed by atoms with Gasteiger partial charge >= 0.3 is 0 Å². The van der Waals surface area contributed by atoms with Crippen LogP contribution in [0, 0.1) is 13.8 Å². The fraction of sp³-hybridized carbons (Fsp3) is 0.500. The first-order chi connectivity index (χ1) is 3.29. The van der Waals surface area contributed by atoms with Gasteiger partial charge in [0, 0.05) is 20.3 Å². The van der Waals surface area contributed by atoms with Crippen LogP contribution in [-0.4, -0.2) is 18.4 Å². The van der Waals surface area contributed by atoms with Crippen LogP contribution in [0.2, 0.25) is 0 Å². The molecule has 2 nitrogen and oxygen atoms in total. The molecule has 1 heterocycles. The maximum absolute atomic E-state index is 3.96. The molecule has 1 aromatic heterocycles. The molecule has 3 heteroatoms. The quantitative estimate of drug-likeness (QED) is 0.517. The second-order valence-corrected chi connectivity index (χ2v) is 1.65. The Labute approximate surface area is 58.3 Å². The molecular formula is C6H12BN2. The van der Waals surface area contributed by atoms with Crippen LogP contribution in [0.25, 0.3) is 0 Å². The highest BCUT2D eigenvalue weighted by Gasteiger charge is 1.83. The van der Waals surface area contributed by atoms with E-state index in [1.165, 1.54) is 0 Å². The molecule has 1 aromatic rings. The van der Waals surface area contributed by atoms with Crippen LogP contribution >= 0.6 is 0 Å². The molecule has 0 saturated heterocycles. The Bertz CT molecular complexity index is 143. The lowest BCUT2D eigenvalue weighted by Gasteiger charge is -1.74. The van der Waals surface area contributed by atoms with Gasteiger partial charge in [0.1, 0.15) is 5.82 Å². The van der Waals surface area contributed by atoms with Crippen molar-refractivity contribution >= 4 is 8.41 Å². The fourth-order valence-electron chi connectivity index (χ4n) is 0.544. The summed E-state index contributed by atoms with van der Waals surface area (Å²) in [5.41, 5.74) is 1.12. The Balaban J connectivity index is 0. The number of aryl methyl sites for hydroxylation is 2. The highest BCUT2D eigenvalue weighted by atomic mass is 14.9. The van der Waals surface area contributed by atoms with Crippen molar-refractivity contribution in [2.24, 2.45) is 0 Å². The predicted molar refractivity (Wildman–Crippen MR) is 40.5 cm³/mol. The summed E-state index contributed by atoms with van der Waals surface area (Å²) in [6, 6.07) is 0. The monoisotopic (exact) mass is 123 g/mol. The van der Waals surface area contributed by atoms with Gasteiger partial charge in [-0.2, -0.15) is 0 Å². The lowest BCUT2D eigenvalue weighted by molar-refractivity contribution is 1.13. The second-order valence-electron chi connectivity index (χ2n) is 1.65. The van der Waals surface area contributed by atoms with Crippen LogP contribution in [0.1, 0.15) is 18.9 Å². The number of nitrogens with one attached hydrogen (secondary N) is 1. The summed E-state index contributed by atoms with van der Waals surface area (Å²) in [6.45, 7) is 3.92. The van der Waals surface area contributed by atoms with Crippen molar-refractivity contribution in [1.29, 1.82) is 0 Å². The molecule has 9 heavy (non-hydrogen) atoms. The third-order valence-electron chi connectivity index (χ3n) is 0.830. The molecule has 3 radical (unpaired) electrons. The van der Waals surface area contributed by atoms with Crippen molar-refractivity contribution in [3.05, 3.63) is 17.7 Å². The molecule has 0 spiro atoms. The fourth-order valence-corrected chi connectivity index (χ4v) is 0.544. The molecule has 1 N–H and O–H groups in total. The maximum atomic E-state index is 3.96. The molecule has 0 aliphatic carbocycles. The molecule has 1 rings (SSSR count). The van der Waals surface area contributed by atoms with Crippen LogP contribution in [0.3, 0.4) is 0 Å². The average Bonchev–Trinajstić information content (AvgIpc) is 1.87. The smallest absolute Gasteiger partial charge is 0.103 e. The van der Waals surface area contributed by atoms with Gasteiger partial charge < -0.3 is 4.98 Å².